The molecule has 1 rings (SSSR count). The third kappa shape index (κ3) is 3.23. The zero-order chi connectivity index (χ0) is 12.1. The van der Waals surface area contributed by atoms with Crippen LogP contribution in [0, 0.1) is 0 Å². The lowest BCUT2D eigenvalue weighted by molar-refractivity contribution is 0.0936. The molecule has 0 aliphatic heterocycles. The number of benzene rings is 1. The highest BCUT2D eigenvalue weighted by atomic mass is 79.9. The van der Waals surface area contributed by atoms with Crippen molar-refractivity contribution in [1.29, 1.82) is 0 Å². The van der Waals surface area contributed by atoms with Gasteiger partial charge in [0.05, 0.1) is 12.7 Å². The normalized spacial score (nSPS) is 12.0. The van der Waals surface area contributed by atoms with Crippen LogP contribution in [0.3, 0.4) is 0 Å². The van der Waals surface area contributed by atoms with E-state index in [1.165, 1.54) is 0 Å². The highest BCUT2D eigenvalue weighted by Crippen LogP contribution is 2.23. The summed E-state index contributed by atoms with van der Waals surface area (Å²) in [4.78, 5) is 11.9. The number of hydrogen-bond donors (Lipinski definition) is 1. The van der Waals surface area contributed by atoms with E-state index >= 15 is 0 Å². The predicted molar refractivity (Wildman–Crippen MR) is 67.9 cm³/mol. The SMILES string of the molecule is CCC(C)NC(=O)c1ccc(Br)cc1OC. The van der Waals surface area contributed by atoms with Crippen LogP contribution in [0.1, 0.15) is 30.6 Å². The van der Waals surface area contributed by atoms with E-state index in [-0.39, 0.29) is 11.9 Å². The first-order valence-electron chi connectivity index (χ1n) is 5.22. The van der Waals surface area contributed by atoms with E-state index in [0.29, 0.717) is 11.3 Å². The van der Waals surface area contributed by atoms with E-state index in [1.807, 2.05) is 19.9 Å². The molecule has 88 valence electrons. The lowest BCUT2D eigenvalue weighted by atomic mass is 10.1. The molecule has 1 aromatic rings. The summed E-state index contributed by atoms with van der Waals surface area (Å²) in [5.41, 5.74) is 0.561. The third-order valence-electron chi connectivity index (χ3n) is 2.40. The van der Waals surface area contributed by atoms with Crippen molar-refractivity contribution in [2.75, 3.05) is 7.11 Å². The lowest BCUT2D eigenvalue weighted by Crippen LogP contribution is -2.32. The number of carbonyl (C=O) groups excluding carboxylic acids is 1. The van der Waals surface area contributed by atoms with E-state index in [2.05, 4.69) is 21.2 Å². The van der Waals surface area contributed by atoms with Gasteiger partial charge in [-0.3, -0.25) is 4.79 Å². The summed E-state index contributed by atoms with van der Waals surface area (Å²) < 4.78 is 6.06. The van der Waals surface area contributed by atoms with Crippen molar-refractivity contribution in [3.8, 4) is 5.75 Å². The minimum absolute atomic E-state index is 0.0984. The number of nitrogens with one attached hydrogen (secondary N) is 1. The van der Waals surface area contributed by atoms with Crippen LogP contribution < -0.4 is 10.1 Å². The zero-order valence-corrected chi connectivity index (χ0v) is 11.3. The molecule has 3 nitrogen and oxygen atoms in total. The Morgan fingerprint density at radius 2 is 2.25 bits per heavy atom. The Balaban J connectivity index is 2.90. The Bertz CT molecular complexity index is 379. The van der Waals surface area contributed by atoms with Gasteiger partial charge >= 0.3 is 0 Å². The number of methoxy groups -OCH3 is 1. The quantitative estimate of drug-likeness (QED) is 0.924. The van der Waals surface area contributed by atoms with Crippen LogP contribution in [-0.4, -0.2) is 19.1 Å². The third-order valence-corrected chi connectivity index (χ3v) is 2.89. The van der Waals surface area contributed by atoms with Crippen LogP contribution >= 0.6 is 15.9 Å². The zero-order valence-electron chi connectivity index (χ0n) is 9.71. The highest BCUT2D eigenvalue weighted by molar-refractivity contribution is 9.10. The molecule has 1 amide bonds. The summed E-state index contributed by atoms with van der Waals surface area (Å²) in [6.07, 6.45) is 0.907. The van der Waals surface area contributed by atoms with Crippen molar-refractivity contribution in [2.45, 2.75) is 26.3 Å². The Morgan fingerprint density at radius 1 is 1.56 bits per heavy atom. The molecule has 16 heavy (non-hydrogen) atoms. The Morgan fingerprint density at radius 3 is 2.81 bits per heavy atom. The van der Waals surface area contributed by atoms with Gasteiger partial charge in [0.25, 0.3) is 5.91 Å². The van der Waals surface area contributed by atoms with Crippen LogP contribution in [-0.2, 0) is 0 Å². The molecule has 0 spiro atoms. The second kappa shape index (κ2) is 5.89. The molecule has 0 saturated carbocycles. The van der Waals surface area contributed by atoms with E-state index in [1.54, 1.807) is 19.2 Å². The summed E-state index contributed by atoms with van der Waals surface area (Å²) >= 11 is 3.34. The average Bonchev–Trinajstić information content (AvgIpc) is 2.28. The Hall–Kier alpha value is -1.03. The predicted octanol–water partition coefficient (Wildman–Crippen LogP) is 2.99. The van der Waals surface area contributed by atoms with Crippen molar-refractivity contribution in [2.24, 2.45) is 0 Å². The van der Waals surface area contributed by atoms with Crippen molar-refractivity contribution in [3.05, 3.63) is 28.2 Å². The Kier molecular flexibility index (Phi) is 4.80. The fraction of sp³-hybridized carbons (Fsp3) is 0.417. The molecular formula is C12H16BrNO2. The smallest absolute Gasteiger partial charge is 0.255 e. The Labute approximate surface area is 104 Å². The van der Waals surface area contributed by atoms with Gasteiger partial charge in [0.1, 0.15) is 5.75 Å². The van der Waals surface area contributed by atoms with Crippen molar-refractivity contribution >= 4 is 21.8 Å². The van der Waals surface area contributed by atoms with Crippen molar-refractivity contribution in [1.82, 2.24) is 5.32 Å². The van der Waals surface area contributed by atoms with Gasteiger partial charge in [-0.25, -0.2) is 0 Å². The van der Waals surface area contributed by atoms with Crippen LogP contribution in [0.4, 0.5) is 0 Å². The molecule has 1 unspecified atom stereocenters. The number of rotatable bonds is 4. The van der Waals surface area contributed by atoms with Crippen molar-refractivity contribution < 1.29 is 9.53 Å². The van der Waals surface area contributed by atoms with Gasteiger partial charge in [-0.1, -0.05) is 22.9 Å². The molecule has 0 aliphatic rings. The first-order valence-corrected chi connectivity index (χ1v) is 6.02. The molecule has 0 aromatic heterocycles. The first kappa shape index (κ1) is 13.0. The molecular weight excluding hydrogens is 270 g/mol. The molecule has 0 saturated heterocycles. The van der Waals surface area contributed by atoms with Gasteiger partial charge in [-0.2, -0.15) is 0 Å². The summed E-state index contributed by atoms with van der Waals surface area (Å²) in [7, 11) is 1.56. The second-order valence-corrected chi connectivity index (χ2v) is 4.54. The van der Waals surface area contributed by atoms with Crippen molar-refractivity contribution in [3.63, 3.8) is 0 Å². The molecule has 4 heteroatoms. The monoisotopic (exact) mass is 285 g/mol. The van der Waals surface area contributed by atoms with E-state index in [4.69, 9.17) is 4.74 Å². The van der Waals surface area contributed by atoms with Gasteiger partial charge in [0, 0.05) is 10.5 Å². The van der Waals surface area contributed by atoms with Gasteiger partial charge < -0.3 is 10.1 Å². The minimum Gasteiger partial charge on any atom is -0.496 e. The van der Waals surface area contributed by atoms with Gasteiger partial charge in [0.15, 0.2) is 0 Å². The maximum Gasteiger partial charge on any atom is 0.255 e. The number of halogens is 1. The summed E-state index contributed by atoms with van der Waals surface area (Å²) in [6, 6.07) is 5.53. The molecule has 0 aliphatic carbocycles. The van der Waals surface area contributed by atoms with Gasteiger partial charge in [0.2, 0.25) is 0 Å². The molecule has 1 aromatic carbocycles. The number of hydrogen-bond acceptors (Lipinski definition) is 2. The maximum atomic E-state index is 11.9. The summed E-state index contributed by atoms with van der Waals surface area (Å²) in [6.45, 7) is 4.01. The fourth-order valence-electron chi connectivity index (χ4n) is 1.26. The molecule has 1 atom stereocenters. The molecule has 0 heterocycles. The van der Waals surface area contributed by atoms with Crippen LogP contribution in [0.25, 0.3) is 0 Å². The fourth-order valence-corrected chi connectivity index (χ4v) is 1.60. The standard InChI is InChI=1S/C12H16BrNO2/c1-4-8(2)14-12(15)10-6-5-9(13)7-11(10)16-3/h5-8H,4H2,1-3H3,(H,14,15). The van der Waals surface area contributed by atoms with Crippen LogP contribution in [0.2, 0.25) is 0 Å². The van der Waals surface area contributed by atoms with Crippen LogP contribution in [0.15, 0.2) is 22.7 Å². The maximum absolute atomic E-state index is 11.9. The molecule has 0 fully saturated rings. The van der Waals surface area contributed by atoms with Gasteiger partial charge in [-0.15, -0.1) is 0 Å². The topological polar surface area (TPSA) is 38.3 Å². The number of amides is 1. The highest BCUT2D eigenvalue weighted by Gasteiger charge is 2.13. The molecule has 1 N–H and O–H groups in total. The first-order chi connectivity index (χ1) is 7.58. The number of ether oxygens (including phenoxy) is 1. The minimum atomic E-state index is -0.0984. The second-order valence-electron chi connectivity index (χ2n) is 3.63. The summed E-state index contributed by atoms with van der Waals surface area (Å²) in [5, 5.41) is 2.91. The van der Waals surface area contributed by atoms with E-state index in [9.17, 15) is 4.79 Å². The summed E-state index contributed by atoms with van der Waals surface area (Å²) in [5.74, 6) is 0.480. The largest absolute Gasteiger partial charge is 0.496 e. The molecule has 0 bridgehead atoms. The van der Waals surface area contributed by atoms with Gasteiger partial charge in [-0.05, 0) is 31.5 Å². The average molecular weight is 286 g/mol. The number of carbonyl (C=O) groups is 1. The van der Waals surface area contributed by atoms with Crippen LogP contribution in [0.5, 0.6) is 5.75 Å². The molecule has 0 radical (unpaired) electrons. The van der Waals surface area contributed by atoms with E-state index < -0.39 is 0 Å². The van der Waals surface area contributed by atoms with E-state index in [0.717, 1.165) is 10.9 Å². The lowest BCUT2D eigenvalue weighted by Gasteiger charge is -2.13.